The Morgan fingerprint density at radius 3 is 2.39 bits per heavy atom. The summed E-state index contributed by atoms with van der Waals surface area (Å²) in [6.07, 6.45) is 4.32. The molecular formula is C15H20N2O. The largest absolute Gasteiger partial charge is 0.323 e. The highest BCUT2D eigenvalue weighted by molar-refractivity contribution is 5.90. The van der Waals surface area contributed by atoms with E-state index in [4.69, 9.17) is 0 Å². The highest BCUT2D eigenvalue weighted by Crippen LogP contribution is 2.35. The molecule has 1 aromatic carbocycles. The van der Waals surface area contributed by atoms with Gasteiger partial charge in [0.15, 0.2) is 0 Å². The van der Waals surface area contributed by atoms with E-state index in [1.807, 2.05) is 32.2 Å². The molecule has 1 aromatic rings. The molecule has 0 radical (unpaired) electrons. The molecule has 0 heterocycles. The minimum absolute atomic E-state index is 0.181. The third kappa shape index (κ3) is 3.62. The Kier molecular flexibility index (Phi) is 3.70. The summed E-state index contributed by atoms with van der Waals surface area (Å²) in [5, 5.41) is 5.62. The van der Waals surface area contributed by atoms with Crippen LogP contribution in [0.4, 0.5) is 10.5 Å². The molecule has 2 rings (SSSR count). The van der Waals surface area contributed by atoms with E-state index >= 15 is 0 Å². The standard InChI is InChI=1S/C15H20N2O/c1-10-6-11(2)8-14(7-10)17-15(18)16-9-12(3)13-4-5-13/h6-9,13H,4-5H2,1-3H3,(H2,16,17,18)/b12-9+. The molecule has 0 bridgehead atoms. The van der Waals surface area contributed by atoms with Crippen molar-refractivity contribution in [3.8, 4) is 0 Å². The Hall–Kier alpha value is -1.77. The van der Waals surface area contributed by atoms with E-state index in [-0.39, 0.29) is 6.03 Å². The third-order valence-electron chi connectivity index (χ3n) is 3.13. The number of rotatable bonds is 3. The number of urea groups is 1. The maximum Gasteiger partial charge on any atom is 0.323 e. The van der Waals surface area contributed by atoms with Crippen molar-refractivity contribution in [2.75, 3.05) is 5.32 Å². The van der Waals surface area contributed by atoms with Gasteiger partial charge in [-0.3, -0.25) is 0 Å². The number of hydrogen-bond donors (Lipinski definition) is 2. The van der Waals surface area contributed by atoms with Crippen molar-refractivity contribution in [1.29, 1.82) is 0 Å². The zero-order valence-electron chi connectivity index (χ0n) is 11.2. The molecule has 0 atom stereocenters. The first-order chi connectivity index (χ1) is 8.54. The quantitative estimate of drug-likeness (QED) is 0.835. The average Bonchev–Trinajstić information content (AvgIpc) is 3.08. The predicted octanol–water partition coefficient (Wildman–Crippen LogP) is 3.74. The molecule has 1 aliphatic carbocycles. The number of amides is 2. The Morgan fingerprint density at radius 1 is 1.22 bits per heavy atom. The second-order valence-corrected chi connectivity index (χ2v) is 5.14. The molecule has 0 spiro atoms. The van der Waals surface area contributed by atoms with Crippen LogP contribution in [0.1, 0.15) is 30.9 Å². The van der Waals surface area contributed by atoms with Crippen molar-refractivity contribution in [3.63, 3.8) is 0 Å². The van der Waals surface area contributed by atoms with Gasteiger partial charge < -0.3 is 10.6 Å². The fourth-order valence-electron chi connectivity index (χ4n) is 2.05. The molecule has 2 N–H and O–H groups in total. The van der Waals surface area contributed by atoms with Crippen LogP contribution in [0.2, 0.25) is 0 Å². The molecule has 3 nitrogen and oxygen atoms in total. The molecule has 0 aromatic heterocycles. The molecule has 0 aliphatic heterocycles. The van der Waals surface area contributed by atoms with Crippen LogP contribution in [0.5, 0.6) is 0 Å². The summed E-state index contributed by atoms with van der Waals surface area (Å²) < 4.78 is 0. The van der Waals surface area contributed by atoms with Gasteiger partial charge in [0.2, 0.25) is 0 Å². The van der Waals surface area contributed by atoms with E-state index in [9.17, 15) is 4.79 Å². The fraction of sp³-hybridized carbons (Fsp3) is 0.400. The average molecular weight is 244 g/mol. The van der Waals surface area contributed by atoms with Gasteiger partial charge in [0.1, 0.15) is 0 Å². The van der Waals surface area contributed by atoms with Gasteiger partial charge in [-0.15, -0.1) is 0 Å². The van der Waals surface area contributed by atoms with Gasteiger partial charge in [-0.2, -0.15) is 0 Å². The lowest BCUT2D eigenvalue weighted by atomic mass is 10.1. The minimum atomic E-state index is -0.181. The predicted molar refractivity (Wildman–Crippen MR) is 74.6 cm³/mol. The van der Waals surface area contributed by atoms with E-state index in [0.29, 0.717) is 5.92 Å². The van der Waals surface area contributed by atoms with Crippen molar-refractivity contribution >= 4 is 11.7 Å². The van der Waals surface area contributed by atoms with E-state index < -0.39 is 0 Å². The lowest BCUT2D eigenvalue weighted by Gasteiger charge is -2.07. The zero-order chi connectivity index (χ0) is 13.1. The molecule has 0 saturated heterocycles. The number of anilines is 1. The van der Waals surface area contributed by atoms with Gasteiger partial charge >= 0.3 is 6.03 Å². The summed E-state index contributed by atoms with van der Waals surface area (Å²) in [5.41, 5.74) is 4.39. The Bertz CT molecular complexity index is 467. The SMILES string of the molecule is C/C(=C\NC(=O)Nc1cc(C)cc(C)c1)C1CC1. The van der Waals surface area contributed by atoms with Crippen molar-refractivity contribution in [2.24, 2.45) is 5.92 Å². The smallest absolute Gasteiger partial charge is 0.314 e. The minimum Gasteiger partial charge on any atom is -0.314 e. The highest BCUT2D eigenvalue weighted by Gasteiger charge is 2.22. The van der Waals surface area contributed by atoms with Crippen LogP contribution < -0.4 is 10.6 Å². The summed E-state index contributed by atoms with van der Waals surface area (Å²) in [6.45, 7) is 6.11. The normalized spacial score (nSPS) is 15.4. The molecule has 1 aliphatic rings. The fourth-order valence-corrected chi connectivity index (χ4v) is 2.05. The number of benzene rings is 1. The Morgan fingerprint density at radius 2 is 1.83 bits per heavy atom. The highest BCUT2D eigenvalue weighted by atomic mass is 16.2. The summed E-state index contributed by atoms with van der Waals surface area (Å²) in [7, 11) is 0. The van der Waals surface area contributed by atoms with Gasteiger partial charge in [-0.25, -0.2) is 4.79 Å². The molecule has 3 heteroatoms. The van der Waals surface area contributed by atoms with Crippen LogP contribution in [0.3, 0.4) is 0 Å². The van der Waals surface area contributed by atoms with Gasteiger partial charge in [-0.1, -0.05) is 11.6 Å². The van der Waals surface area contributed by atoms with E-state index in [1.54, 1.807) is 0 Å². The van der Waals surface area contributed by atoms with Crippen LogP contribution in [0, 0.1) is 19.8 Å². The van der Waals surface area contributed by atoms with Crippen LogP contribution in [0.25, 0.3) is 0 Å². The maximum atomic E-state index is 11.7. The van der Waals surface area contributed by atoms with Crippen molar-refractivity contribution in [3.05, 3.63) is 41.1 Å². The van der Waals surface area contributed by atoms with E-state index in [2.05, 4.69) is 23.6 Å². The number of nitrogens with one attached hydrogen (secondary N) is 2. The van der Waals surface area contributed by atoms with Crippen LogP contribution in [-0.4, -0.2) is 6.03 Å². The van der Waals surface area contributed by atoms with Gasteiger partial charge in [0.25, 0.3) is 0 Å². The number of allylic oxidation sites excluding steroid dienone is 1. The summed E-state index contributed by atoms with van der Waals surface area (Å²) in [4.78, 5) is 11.7. The van der Waals surface area contributed by atoms with Crippen LogP contribution >= 0.6 is 0 Å². The summed E-state index contributed by atoms with van der Waals surface area (Å²) in [5.74, 6) is 0.687. The molecule has 0 unspecified atom stereocenters. The second-order valence-electron chi connectivity index (χ2n) is 5.14. The lowest BCUT2D eigenvalue weighted by molar-refractivity contribution is 0.255. The van der Waals surface area contributed by atoms with Crippen LogP contribution in [0.15, 0.2) is 30.0 Å². The Labute approximate surface area is 108 Å². The van der Waals surface area contributed by atoms with E-state index in [0.717, 1.165) is 16.8 Å². The number of aryl methyl sites for hydroxylation is 2. The lowest BCUT2D eigenvalue weighted by Crippen LogP contribution is -2.24. The van der Waals surface area contributed by atoms with E-state index in [1.165, 1.54) is 18.4 Å². The molecule has 18 heavy (non-hydrogen) atoms. The number of hydrogen-bond acceptors (Lipinski definition) is 1. The number of carbonyl (C=O) groups excluding carboxylic acids is 1. The summed E-state index contributed by atoms with van der Waals surface area (Å²) in [6, 6.07) is 5.83. The summed E-state index contributed by atoms with van der Waals surface area (Å²) >= 11 is 0. The first-order valence-corrected chi connectivity index (χ1v) is 6.37. The molecule has 2 amide bonds. The molecule has 1 fully saturated rings. The van der Waals surface area contributed by atoms with Crippen molar-refractivity contribution in [1.82, 2.24) is 5.32 Å². The monoisotopic (exact) mass is 244 g/mol. The number of carbonyl (C=O) groups is 1. The van der Waals surface area contributed by atoms with Crippen molar-refractivity contribution < 1.29 is 4.79 Å². The first kappa shape index (κ1) is 12.7. The van der Waals surface area contributed by atoms with Crippen LogP contribution in [-0.2, 0) is 0 Å². The maximum absolute atomic E-state index is 11.7. The topological polar surface area (TPSA) is 41.1 Å². The van der Waals surface area contributed by atoms with Gasteiger partial charge in [-0.05, 0) is 62.8 Å². The molecular weight excluding hydrogens is 224 g/mol. The zero-order valence-corrected chi connectivity index (χ0v) is 11.2. The first-order valence-electron chi connectivity index (χ1n) is 6.37. The third-order valence-corrected chi connectivity index (χ3v) is 3.13. The van der Waals surface area contributed by atoms with Gasteiger partial charge in [0, 0.05) is 11.9 Å². The van der Waals surface area contributed by atoms with Crippen molar-refractivity contribution in [2.45, 2.75) is 33.6 Å². The molecule has 96 valence electrons. The Balaban J connectivity index is 1.92. The second kappa shape index (κ2) is 5.25. The molecule has 1 saturated carbocycles. The van der Waals surface area contributed by atoms with Gasteiger partial charge in [0.05, 0.1) is 0 Å².